The van der Waals surface area contributed by atoms with Crippen LogP contribution in [0.4, 0.5) is 24.7 Å². The molecule has 1 heterocycles. The normalized spacial score (nSPS) is 10.4. The molecule has 1 aromatic heterocycles. The van der Waals surface area contributed by atoms with Gasteiger partial charge in [0.05, 0.1) is 5.56 Å². The fourth-order valence-electron chi connectivity index (χ4n) is 2.20. The first-order valence-electron chi connectivity index (χ1n) is 7.38. The van der Waals surface area contributed by atoms with E-state index in [0.717, 1.165) is 12.3 Å². The lowest BCUT2D eigenvalue weighted by molar-refractivity contribution is -0.137. The lowest BCUT2D eigenvalue weighted by atomic mass is 10.0. The summed E-state index contributed by atoms with van der Waals surface area (Å²) in [5.41, 5.74) is 0.393. The number of benzene rings is 1. The Morgan fingerprint density at radius 3 is 2.46 bits per heavy atom. The van der Waals surface area contributed by atoms with Crippen molar-refractivity contribution >= 4 is 11.5 Å². The second-order valence-electron chi connectivity index (χ2n) is 5.49. The van der Waals surface area contributed by atoms with Crippen LogP contribution in [0.2, 0.25) is 0 Å². The molecule has 0 unspecified atom stereocenters. The standard InChI is InChI=1S/C18H14F3N5/c1-26(2)17-16(7-14(11-25-17)18(19,20)21)13-4-3-5-15(6-13)24-10-12(8-22)9-23/h3-7,10-11,24H,1-2H3. The van der Waals surface area contributed by atoms with Crippen molar-refractivity contribution in [1.82, 2.24) is 4.98 Å². The number of aromatic nitrogens is 1. The van der Waals surface area contributed by atoms with Crippen LogP contribution in [0.5, 0.6) is 0 Å². The summed E-state index contributed by atoms with van der Waals surface area (Å²) in [4.78, 5) is 5.56. The smallest absolute Gasteiger partial charge is 0.362 e. The van der Waals surface area contributed by atoms with Gasteiger partial charge in [0.15, 0.2) is 0 Å². The van der Waals surface area contributed by atoms with Crippen LogP contribution in [0, 0.1) is 22.7 Å². The third-order valence-corrected chi connectivity index (χ3v) is 3.42. The summed E-state index contributed by atoms with van der Waals surface area (Å²) in [5.74, 6) is 0.389. The van der Waals surface area contributed by atoms with E-state index >= 15 is 0 Å². The summed E-state index contributed by atoms with van der Waals surface area (Å²) < 4.78 is 39.1. The van der Waals surface area contributed by atoms with Crippen molar-refractivity contribution < 1.29 is 13.2 Å². The van der Waals surface area contributed by atoms with Crippen molar-refractivity contribution in [2.45, 2.75) is 6.18 Å². The highest BCUT2D eigenvalue weighted by molar-refractivity contribution is 5.78. The number of anilines is 2. The zero-order valence-corrected chi connectivity index (χ0v) is 14.0. The Hall–Kier alpha value is -3.52. The first-order chi connectivity index (χ1) is 12.3. The van der Waals surface area contributed by atoms with Crippen molar-refractivity contribution in [3.05, 3.63) is 53.9 Å². The molecule has 0 aliphatic rings. The van der Waals surface area contributed by atoms with Crippen molar-refractivity contribution in [1.29, 1.82) is 10.5 Å². The molecule has 5 nitrogen and oxygen atoms in total. The highest BCUT2D eigenvalue weighted by Gasteiger charge is 2.32. The van der Waals surface area contributed by atoms with E-state index in [9.17, 15) is 13.2 Å². The maximum Gasteiger partial charge on any atom is 0.417 e. The van der Waals surface area contributed by atoms with E-state index in [1.807, 2.05) is 0 Å². The average molecular weight is 357 g/mol. The second-order valence-corrected chi connectivity index (χ2v) is 5.49. The molecular weight excluding hydrogens is 343 g/mol. The van der Waals surface area contributed by atoms with E-state index in [1.54, 1.807) is 55.4 Å². The minimum atomic E-state index is -4.50. The Bertz CT molecular complexity index is 902. The summed E-state index contributed by atoms with van der Waals surface area (Å²) in [7, 11) is 3.38. The zero-order chi connectivity index (χ0) is 19.3. The van der Waals surface area contributed by atoms with Gasteiger partial charge in [0.1, 0.15) is 23.5 Å². The summed E-state index contributed by atoms with van der Waals surface area (Å²) in [6.07, 6.45) is -2.47. The van der Waals surface area contributed by atoms with Crippen molar-refractivity contribution in [3.63, 3.8) is 0 Å². The summed E-state index contributed by atoms with van der Waals surface area (Å²) in [5, 5.41) is 20.3. The van der Waals surface area contributed by atoms with Gasteiger partial charge in [-0.15, -0.1) is 0 Å². The predicted molar refractivity (Wildman–Crippen MR) is 91.9 cm³/mol. The SMILES string of the molecule is CN(C)c1ncc(C(F)(F)F)cc1-c1cccc(NC=C(C#N)C#N)c1. The van der Waals surface area contributed by atoms with Crippen LogP contribution in [0.1, 0.15) is 5.56 Å². The number of hydrogen-bond acceptors (Lipinski definition) is 5. The first-order valence-corrected chi connectivity index (χ1v) is 7.38. The van der Waals surface area contributed by atoms with Crippen molar-refractivity contribution in [2.75, 3.05) is 24.3 Å². The molecule has 0 amide bonds. The Kier molecular flexibility index (Phi) is 5.48. The highest BCUT2D eigenvalue weighted by atomic mass is 19.4. The largest absolute Gasteiger partial charge is 0.417 e. The van der Waals surface area contributed by atoms with Gasteiger partial charge in [0.25, 0.3) is 0 Å². The number of halogens is 3. The fourth-order valence-corrected chi connectivity index (χ4v) is 2.20. The van der Waals surface area contributed by atoms with Crippen molar-refractivity contribution in [3.8, 4) is 23.3 Å². The molecule has 2 aromatic rings. The van der Waals surface area contributed by atoms with Crippen LogP contribution in [0.3, 0.4) is 0 Å². The van der Waals surface area contributed by atoms with Crippen LogP contribution >= 0.6 is 0 Å². The maximum absolute atomic E-state index is 13.0. The Morgan fingerprint density at radius 2 is 1.88 bits per heavy atom. The second kappa shape index (κ2) is 7.58. The van der Waals surface area contributed by atoms with Gasteiger partial charge in [0.2, 0.25) is 0 Å². The number of alkyl halides is 3. The molecule has 8 heteroatoms. The van der Waals surface area contributed by atoms with Gasteiger partial charge in [-0.2, -0.15) is 23.7 Å². The van der Waals surface area contributed by atoms with Crippen LogP contribution in [0.25, 0.3) is 11.1 Å². The number of pyridine rings is 1. The van der Waals surface area contributed by atoms with Crippen LogP contribution in [-0.4, -0.2) is 19.1 Å². The molecule has 132 valence electrons. The van der Waals surface area contributed by atoms with Gasteiger partial charge in [-0.25, -0.2) is 4.98 Å². The monoisotopic (exact) mass is 357 g/mol. The number of nitriles is 2. The molecular formula is C18H14F3N5. The zero-order valence-electron chi connectivity index (χ0n) is 14.0. The summed E-state index contributed by atoms with van der Waals surface area (Å²) in [6, 6.07) is 11.1. The van der Waals surface area contributed by atoms with E-state index in [1.165, 1.54) is 6.20 Å². The minimum absolute atomic E-state index is 0.120. The Balaban J connectivity index is 2.51. The molecule has 0 saturated heterocycles. The third kappa shape index (κ3) is 4.31. The molecule has 1 aromatic carbocycles. The van der Waals surface area contributed by atoms with E-state index in [2.05, 4.69) is 10.3 Å². The van der Waals surface area contributed by atoms with Gasteiger partial charge < -0.3 is 10.2 Å². The van der Waals surface area contributed by atoms with E-state index in [4.69, 9.17) is 10.5 Å². The van der Waals surface area contributed by atoms with Crippen LogP contribution in [-0.2, 0) is 6.18 Å². The molecule has 0 saturated carbocycles. The van der Waals surface area contributed by atoms with Gasteiger partial charge in [-0.05, 0) is 23.8 Å². The summed E-state index contributed by atoms with van der Waals surface area (Å²) >= 11 is 0. The molecule has 0 fully saturated rings. The molecule has 2 rings (SSSR count). The third-order valence-electron chi connectivity index (χ3n) is 3.42. The van der Waals surface area contributed by atoms with Gasteiger partial charge in [0, 0.05) is 37.7 Å². The molecule has 0 bridgehead atoms. The van der Waals surface area contributed by atoms with Gasteiger partial charge in [-0.1, -0.05) is 12.1 Å². The van der Waals surface area contributed by atoms with E-state index < -0.39 is 11.7 Å². The number of nitrogens with one attached hydrogen (secondary N) is 1. The van der Waals surface area contributed by atoms with E-state index in [0.29, 0.717) is 22.6 Å². The van der Waals surface area contributed by atoms with E-state index in [-0.39, 0.29) is 5.57 Å². The maximum atomic E-state index is 13.0. The number of rotatable bonds is 4. The first kappa shape index (κ1) is 18.8. The number of hydrogen-bond donors (Lipinski definition) is 1. The molecule has 0 aliphatic carbocycles. The highest BCUT2D eigenvalue weighted by Crippen LogP contribution is 2.36. The van der Waals surface area contributed by atoms with Gasteiger partial charge >= 0.3 is 6.18 Å². The quantitative estimate of drug-likeness (QED) is 0.831. The molecule has 0 atom stereocenters. The fraction of sp³-hybridized carbons (Fsp3) is 0.167. The van der Waals surface area contributed by atoms with Crippen LogP contribution in [0.15, 0.2) is 48.3 Å². The predicted octanol–water partition coefficient (Wildman–Crippen LogP) is 4.18. The Morgan fingerprint density at radius 1 is 1.19 bits per heavy atom. The lowest BCUT2D eigenvalue weighted by Gasteiger charge is -2.18. The Labute approximate surface area is 148 Å². The number of allylic oxidation sites excluding steroid dienone is 1. The average Bonchev–Trinajstić information content (AvgIpc) is 2.61. The van der Waals surface area contributed by atoms with Gasteiger partial charge in [-0.3, -0.25) is 0 Å². The topological polar surface area (TPSA) is 75.7 Å². The molecule has 0 aliphatic heterocycles. The molecule has 0 spiro atoms. The molecule has 26 heavy (non-hydrogen) atoms. The molecule has 1 N–H and O–H groups in total. The van der Waals surface area contributed by atoms with Crippen molar-refractivity contribution in [2.24, 2.45) is 0 Å². The minimum Gasteiger partial charge on any atom is -0.362 e. The number of nitrogens with zero attached hydrogens (tertiary/aromatic N) is 4. The molecule has 0 radical (unpaired) electrons. The summed E-state index contributed by atoms with van der Waals surface area (Å²) in [6.45, 7) is 0. The van der Waals surface area contributed by atoms with Crippen LogP contribution < -0.4 is 10.2 Å². The lowest BCUT2D eigenvalue weighted by Crippen LogP contribution is -2.14.